The molecule has 1 fully saturated rings. The van der Waals surface area contributed by atoms with Crippen molar-refractivity contribution in [2.45, 2.75) is 33.6 Å². The van der Waals surface area contributed by atoms with E-state index < -0.39 is 11.8 Å². The van der Waals surface area contributed by atoms with Gasteiger partial charge in [-0.1, -0.05) is 17.7 Å². The Morgan fingerprint density at radius 1 is 1.00 bits per heavy atom. The van der Waals surface area contributed by atoms with Crippen molar-refractivity contribution in [2.75, 3.05) is 18.4 Å². The Balaban J connectivity index is 1.97. The van der Waals surface area contributed by atoms with Gasteiger partial charge in [0.25, 0.3) is 0 Å². The lowest BCUT2D eigenvalue weighted by Crippen LogP contribution is -2.44. The van der Waals surface area contributed by atoms with E-state index in [0.717, 1.165) is 29.8 Å². The molecule has 23 heavy (non-hydrogen) atoms. The number of benzene rings is 1. The number of hydrogen-bond acceptors (Lipinski definition) is 4. The first-order valence-electron chi connectivity index (χ1n) is 7.83. The van der Waals surface area contributed by atoms with Crippen LogP contribution < -0.4 is 16.0 Å². The van der Waals surface area contributed by atoms with Crippen molar-refractivity contribution in [1.29, 1.82) is 0 Å². The zero-order valence-electron chi connectivity index (χ0n) is 13.8. The molecule has 124 valence electrons. The fraction of sp³-hybridized carbons (Fsp3) is 0.471. The lowest BCUT2D eigenvalue weighted by atomic mass is 9.97. The highest BCUT2D eigenvalue weighted by atomic mass is 16.2. The van der Waals surface area contributed by atoms with Gasteiger partial charge in [-0.05, 0) is 57.8 Å². The normalized spacial score (nSPS) is 15.1. The molecule has 0 unspecified atom stereocenters. The number of nitrogens with one attached hydrogen (secondary N) is 3. The van der Waals surface area contributed by atoms with Gasteiger partial charge in [0, 0.05) is 11.6 Å². The molecular weight excluding hydrogens is 294 g/mol. The molecule has 1 heterocycles. The molecule has 1 aromatic rings. The zero-order chi connectivity index (χ0) is 17.0. The summed E-state index contributed by atoms with van der Waals surface area (Å²) in [5.41, 5.74) is 3.47. The fourth-order valence-electron chi connectivity index (χ4n) is 2.90. The SMILES string of the molecule is Cc1cc(C)c(NC(=O)C(=O)NC(=O)C2CCNCC2)c(C)c1. The smallest absolute Gasteiger partial charge is 0.316 e. The maximum absolute atomic E-state index is 12.0. The first-order chi connectivity index (χ1) is 10.9. The van der Waals surface area contributed by atoms with Crippen LogP contribution in [0.25, 0.3) is 0 Å². The molecule has 6 heteroatoms. The Kier molecular flexibility index (Phi) is 5.50. The van der Waals surface area contributed by atoms with Crippen LogP contribution in [-0.2, 0) is 14.4 Å². The number of rotatable bonds is 2. The van der Waals surface area contributed by atoms with E-state index in [1.165, 1.54) is 0 Å². The monoisotopic (exact) mass is 317 g/mol. The van der Waals surface area contributed by atoms with Crippen LogP contribution in [0.3, 0.4) is 0 Å². The van der Waals surface area contributed by atoms with Crippen LogP contribution in [0, 0.1) is 26.7 Å². The van der Waals surface area contributed by atoms with Crippen LogP contribution in [0.2, 0.25) is 0 Å². The maximum atomic E-state index is 12.0. The quantitative estimate of drug-likeness (QED) is 0.715. The van der Waals surface area contributed by atoms with Crippen LogP contribution >= 0.6 is 0 Å². The van der Waals surface area contributed by atoms with Crippen molar-refractivity contribution in [3.8, 4) is 0 Å². The average Bonchev–Trinajstić information content (AvgIpc) is 2.51. The second kappa shape index (κ2) is 7.37. The molecule has 3 amide bonds. The Morgan fingerprint density at radius 2 is 1.57 bits per heavy atom. The number of piperidine rings is 1. The van der Waals surface area contributed by atoms with Crippen LogP contribution in [0.1, 0.15) is 29.5 Å². The van der Waals surface area contributed by atoms with Gasteiger partial charge in [-0.25, -0.2) is 0 Å². The van der Waals surface area contributed by atoms with Gasteiger partial charge in [0.05, 0.1) is 0 Å². The molecule has 0 saturated carbocycles. The topological polar surface area (TPSA) is 87.3 Å². The third-order valence-corrected chi connectivity index (χ3v) is 4.07. The van der Waals surface area contributed by atoms with Crippen molar-refractivity contribution in [1.82, 2.24) is 10.6 Å². The fourth-order valence-corrected chi connectivity index (χ4v) is 2.90. The summed E-state index contributed by atoms with van der Waals surface area (Å²) in [6, 6.07) is 3.86. The molecule has 2 rings (SSSR count). The van der Waals surface area contributed by atoms with Gasteiger partial charge in [0.2, 0.25) is 5.91 Å². The highest BCUT2D eigenvalue weighted by molar-refractivity contribution is 6.42. The van der Waals surface area contributed by atoms with Crippen LogP contribution in [0.4, 0.5) is 5.69 Å². The predicted octanol–water partition coefficient (Wildman–Crippen LogP) is 1.19. The highest BCUT2D eigenvalue weighted by Crippen LogP contribution is 2.21. The van der Waals surface area contributed by atoms with E-state index in [1.807, 2.05) is 32.9 Å². The number of imide groups is 1. The summed E-state index contributed by atoms with van der Waals surface area (Å²) >= 11 is 0. The number of carbonyl (C=O) groups is 3. The standard InChI is InChI=1S/C17H23N3O3/c1-10-8-11(2)14(12(3)9-10)19-16(22)17(23)20-15(21)13-4-6-18-7-5-13/h8-9,13,18H,4-7H2,1-3H3,(H,19,22)(H,20,21,23). The van der Waals surface area contributed by atoms with E-state index in [0.29, 0.717) is 18.5 Å². The largest absolute Gasteiger partial charge is 0.317 e. The Bertz CT molecular complexity index is 611. The molecular formula is C17H23N3O3. The van der Waals surface area contributed by atoms with E-state index in [-0.39, 0.29) is 11.8 Å². The van der Waals surface area contributed by atoms with Gasteiger partial charge in [0.15, 0.2) is 0 Å². The molecule has 3 N–H and O–H groups in total. The van der Waals surface area contributed by atoms with Crippen molar-refractivity contribution >= 4 is 23.4 Å². The number of hydrogen-bond donors (Lipinski definition) is 3. The van der Waals surface area contributed by atoms with Crippen LogP contribution in [-0.4, -0.2) is 30.8 Å². The second-order valence-electron chi connectivity index (χ2n) is 6.07. The van der Waals surface area contributed by atoms with Gasteiger partial charge in [0.1, 0.15) is 0 Å². The Morgan fingerprint density at radius 3 is 2.13 bits per heavy atom. The maximum Gasteiger partial charge on any atom is 0.316 e. The minimum atomic E-state index is -0.909. The van der Waals surface area contributed by atoms with Gasteiger partial charge in [-0.3, -0.25) is 19.7 Å². The molecule has 1 saturated heterocycles. The van der Waals surface area contributed by atoms with E-state index in [9.17, 15) is 14.4 Å². The third kappa shape index (κ3) is 4.39. The first kappa shape index (κ1) is 17.1. The summed E-state index contributed by atoms with van der Waals surface area (Å²) in [4.78, 5) is 36.0. The van der Waals surface area contributed by atoms with Gasteiger partial charge < -0.3 is 10.6 Å². The summed E-state index contributed by atoms with van der Waals surface area (Å²) in [5, 5.41) is 7.95. The van der Waals surface area contributed by atoms with Gasteiger partial charge >= 0.3 is 11.8 Å². The summed E-state index contributed by atoms with van der Waals surface area (Å²) in [5.74, 6) is -2.31. The summed E-state index contributed by atoms with van der Waals surface area (Å²) in [6.45, 7) is 7.21. The minimum absolute atomic E-state index is 0.212. The number of aryl methyl sites for hydroxylation is 3. The molecule has 1 aliphatic rings. The van der Waals surface area contributed by atoms with E-state index in [2.05, 4.69) is 16.0 Å². The van der Waals surface area contributed by atoms with Crippen molar-refractivity contribution in [3.63, 3.8) is 0 Å². The minimum Gasteiger partial charge on any atom is -0.317 e. The third-order valence-electron chi connectivity index (χ3n) is 4.07. The average molecular weight is 317 g/mol. The van der Waals surface area contributed by atoms with Gasteiger partial charge in [-0.15, -0.1) is 0 Å². The van der Waals surface area contributed by atoms with E-state index >= 15 is 0 Å². The van der Waals surface area contributed by atoms with Crippen LogP contribution in [0.15, 0.2) is 12.1 Å². The van der Waals surface area contributed by atoms with Crippen LogP contribution in [0.5, 0.6) is 0 Å². The lowest BCUT2D eigenvalue weighted by molar-refractivity contribution is -0.141. The lowest BCUT2D eigenvalue weighted by Gasteiger charge is -2.21. The molecule has 6 nitrogen and oxygen atoms in total. The van der Waals surface area contributed by atoms with Gasteiger partial charge in [-0.2, -0.15) is 0 Å². The zero-order valence-corrected chi connectivity index (χ0v) is 13.8. The molecule has 0 radical (unpaired) electrons. The molecule has 0 aromatic heterocycles. The number of anilines is 1. The van der Waals surface area contributed by atoms with E-state index in [1.54, 1.807) is 0 Å². The number of amides is 3. The molecule has 1 aromatic carbocycles. The molecule has 1 aliphatic heterocycles. The molecule has 0 spiro atoms. The van der Waals surface area contributed by atoms with Crippen molar-refractivity contribution in [3.05, 3.63) is 28.8 Å². The Labute approximate surface area is 136 Å². The first-order valence-corrected chi connectivity index (χ1v) is 7.83. The molecule has 0 atom stereocenters. The molecule has 0 aliphatic carbocycles. The second-order valence-corrected chi connectivity index (χ2v) is 6.07. The Hall–Kier alpha value is -2.21. The summed E-state index contributed by atoms with van der Waals surface area (Å²) < 4.78 is 0. The highest BCUT2D eigenvalue weighted by Gasteiger charge is 2.25. The van der Waals surface area contributed by atoms with E-state index in [4.69, 9.17) is 0 Å². The summed E-state index contributed by atoms with van der Waals surface area (Å²) in [7, 11) is 0. The predicted molar refractivity (Wildman–Crippen MR) is 88.0 cm³/mol. The van der Waals surface area contributed by atoms with Crippen molar-refractivity contribution in [2.24, 2.45) is 5.92 Å². The summed E-state index contributed by atoms with van der Waals surface area (Å²) in [6.07, 6.45) is 1.35. The number of carbonyl (C=O) groups excluding carboxylic acids is 3. The van der Waals surface area contributed by atoms with Crippen molar-refractivity contribution < 1.29 is 14.4 Å². The molecule has 0 bridgehead atoms.